The standard InChI is InChI=1S/C34H39N3O4S2/c1-31(2,3)41-30(38)37-33(20-32(4,39)21-33)24-15-13-22(14-16-24)26-27(23-11-7-5-8-12-23)43-28(36-26)25-19-35-29(42-25)34(40)17-9-6-10-18-34/h5,7-8,11-16,19,39-40H,6,9-10,17-18,20-21H2,1-4H3,(H,37,38)/t32-,33-. The number of carbonyl (C=O) groups is 1. The molecule has 2 aliphatic rings. The summed E-state index contributed by atoms with van der Waals surface area (Å²) in [5.41, 5.74) is 0.795. The summed E-state index contributed by atoms with van der Waals surface area (Å²) in [6, 6.07) is 18.3. The van der Waals surface area contributed by atoms with Gasteiger partial charge in [-0.2, -0.15) is 0 Å². The van der Waals surface area contributed by atoms with Gasteiger partial charge in [0.2, 0.25) is 0 Å². The lowest BCUT2D eigenvalue weighted by molar-refractivity contribution is -0.0892. The number of alkyl carbamates (subject to hydrolysis) is 1. The van der Waals surface area contributed by atoms with Crippen molar-refractivity contribution in [3.05, 3.63) is 71.4 Å². The number of hydrogen-bond donors (Lipinski definition) is 3. The Hall–Kier alpha value is -3.11. The first-order valence-electron chi connectivity index (χ1n) is 14.9. The largest absolute Gasteiger partial charge is 0.444 e. The van der Waals surface area contributed by atoms with Crippen LogP contribution in [-0.4, -0.2) is 37.5 Å². The number of aromatic nitrogens is 2. The van der Waals surface area contributed by atoms with Gasteiger partial charge in [0.25, 0.3) is 0 Å². The van der Waals surface area contributed by atoms with Crippen molar-refractivity contribution in [2.24, 2.45) is 0 Å². The lowest BCUT2D eigenvalue weighted by atomic mass is 9.62. The smallest absolute Gasteiger partial charge is 0.408 e. The SMILES string of the molecule is CC(C)(C)OC(=O)N[C@]1(c2ccc(-c3nc(-c4cnc(C5(O)CCCCC5)s4)sc3-c3ccccc3)cc2)C[C@@](C)(O)C1. The molecule has 0 spiro atoms. The summed E-state index contributed by atoms with van der Waals surface area (Å²) in [5, 5.41) is 26.6. The molecular formula is C34H39N3O4S2. The van der Waals surface area contributed by atoms with Crippen LogP contribution in [0.15, 0.2) is 60.8 Å². The minimum absolute atomic E-state index is 0.398. The van der Waals surface area contributed by atoms with Crippen LogP contribution in [0.3, 0.4) is 0 Å². The average Bonchev–Trinajstić information content (AvgIpc) is 3.61. The Morgan fingerprint density at radius 3 is 2.23 bits per heavy atom. The Balaban J connectivity index is 1.33. The van der Waals surface area contributed by atoms with Gasteiger partial charge >= 0.3 is 6.09 Å². The molecule has 9 heteroatoms. The minimum Gasteiger partial charge on any atom is -0.444 e. The van der Waals surface area contributed by atoms with Gasteiger partial charge in [0.1, 0.15) is 21.2 Å². The average molecular weight is 618 g/mol. The quantitative estimate of drug-likeness (QED) is 0.202. The summed E-state index contributed by atoms with van der Waals surface area (Å²) in [6.07, 6.45) is 6.86. The van der Waals surface area contributed by atoms with Crippen LogP contribution >= 0.6 is 22.7 Å². The van der Waals surface area contributed by atoms with Crippen LogP contribution in [-0.2, 0) is 15.9 Å². The summed E-state index contributed by atoms with van der Waals surface area (Å²) in [4.78, 5) is 24.5. The molecule has 2 fully saturated rings. The van der Waals surface area contributed by atoms with Crippen LogP contribution in [0.4, 0.5) is 4.79 Å². The Kier molecular flexibility index (Phi) is 7.74. The lowest BCUT2D eigenvalue weighted by Crippen LogP contribution is -2.62. The number of carbonyl (C=O) groups excluding carboxylic acids is 1. The second-order valence-electron chi connectivity index (χ2n) is 13.3. The fourth-order valence-corrected chi connectivity index (χ4v) is 8.60. The number of aliphatic hydroxyl groups is 2. The lowest BCUT2D eigenvalue weighted by Gasteiger charge is -2.52. The molecule has 2 aliphatic carbocycles. The van der Waals surface area contributed by atoms with E-state index in [0.29, 0.717) is 12.8 Å². The van der Waals surface area contributed by atoms with Crippen LogP contribution in [0, 0.1) is 0 Å². The van der Waals surface area contributed by atoms with Gasteiger partial charge < -0.3 is 20.3 Å². The summed E-state index contributed by atoms with van der Waals surface area (Å²) < 4.78 is 5.55. The third kappa shape index (κ3) is 6.27. The first-order chi connectivity index (χ1) is 20.3. The van der Waals surface area contributed by atoms with Gasteiger partial charge in [-0.25, -0.2) is 14.8 Å². The van der Waals surface area contributed by atoms with E-state index in [-0.39, 0.29) is 0 Å². The van der Waals surface area contributed by atoms with Crippen molar-refractivity contribution in [3.8, 4) is 31.6 Å². The maximum atomic E-state index is 12.8. The number of rotatable bonds is 6. The molecule has 0 atom stereocenters. The van der Waals surface area contributed by atoms with Crippen LogP contribution in [0.2, 0.25) is 0 Å². The Morgan fingerprint density at radius 1 is 0.930 bits per heavy atom. The van der Waals surface area contributed by atoms with E-state index < -0.39 is 28.4 Å². The molecule has 7 nitrogen and oxygen atoms in total. The van der Waals surface area contributed by atoms with Crippen molar-refractivity contribution in [3.63, 3.8) is 0 Å². The molecule has 6 rings (SSSR count). The summed E-state index contributed by atoms with van der Waals surface area (Å²) >= 11 is 3.17. The number of ether oxygens (including phenoxy) is 1. The highest BCUT2D eigenvalue weighted by Crippen LogP contribution is 2.49. The van der Waals surface area contributed by atoms with Crippen LogP contribution < -0.4 is 5.32 Å². The van der Waals surface area contributed by atoms with Gasteiger partial charge in [-0.1, -0.05) is 73.9 Å². The van der Waals surface area contributed by atoms with E-state index in [1.807, 2.05) is 69.4 Å². The molecule has 2 heterocycles. The highest BCUT2D eigenvalue weighted by Gasteiger charge is 2.53. The second-order valence-corrected chi connectivity index (χ2v) is 15.4. The van der Waals surface area contributed by atoms with E-state index in [1.165, 1.54) is 0 Å². The maximum Gasteiger partial charge on any atom is 0.408 e. The number of amides is 1. The van der Waals surface area contributed by atoms with E-state index >= 15 is 0 Å². The zero-order chi connectivity index (χ0) is 30.5. The molecule has 0 saturated heterocycles. The normalized spacial score (nSPS) is 23.4. The number of thiazole rings is 2. The molecule has 0 aliphatic heterocycles. The topological polar surface area (TPSA) is 105 Å². The number of hydrogen-bond acceptors (Lipinski definition) is 8. The fourth-order valence-electron chi connectivity index (χ4n) is 6.40. The van der Waals surface area contributed by atoms with E-state index in [1.54, 1.807) is 29.6 Å². The van der Waals surface area contributed by atoms with Crippen molar-refractivity contribution < 1.29 is 19.7 Å². The molecule has 0 radical (unpaired) electrons. The van der Waals surface area contributed by atoms with Gasteiger partial charge in [0.05, 0.1) is 26.6 Å². The molecule has 2 saturated carbocycles. The van der Waals surface area contributed by atoms with Crippen LogP contribution in [0.1, 0.15) is 83.2 Å². The molecule has 2 aromatic heterocycles. The maximum absolute atomic E-state index is 12.8. The predicted octanol–water partition coefficient (Wildman–Crippen LogP) is 8.02. The molecule has 2 aromatic carbocycles. The third-order valence-electron chi connectivity index (χ3n) is 8.27. The van der Waals surface area contributed by atoms with Crippen LogP contribution in [0.25, 0.3) is 31.6 Å². The first-order valence-corrected chi connectivity index (χ1v) is 16.6. The van der Waals surface area contributed by atoms with Crippen molar-refractivity contribution >= 4 is 28.8 Å². The summed E-state index contributed by atoms with van der Waals surface area (Å²) in [7, 11) is 0. The van der Waals surface area contributed by atoms with E-state index in [0.717, 1.165) is 74.3 Å². The molecule has 4 aromatic rings. The Labute approximate surface area is 261 Å². The molecule has 226 valence electrons. The van der Waals surface area contributed by atoms with Gasteiger partial charge in [0, 0.05) is 24.6 Å². The van der Waals surface area contributed by atoms with Gasteiger partial charge in [-0.05, 0) is 51.7 Å². The summed E-state index contributed by atoms with van der Waals surface area (Å²) in [6.45, 7) is 7.30. The Bertz CT molecular complexity index is 1590. The van der Waals surface area contributed by atoms with Crippen molar-refractivity contribution in [1.82, 2.24) is 15.3 Å². The highest BCUT2D eigenvalue weighted by molar-refractivity contribution is 7.23. The van der Waals surface area contributed by atoms with Crippen molar-refractivity contribution in [2.45, 2.75) is 95.0 Å². The van der Waals surface area contributed by atoms with Crippen molar-refractivity contribution in [1.29, 1.82) is 0 Å². The number of nitrogens with zero attached hydrogens (tertiary/aromatic N) is 2. The minimum atomic E-state index is -0.865. The van der Waals surface area contributed by atoms with Crippen molar-refractivity contribution in [2.75, 3.05) is 0 Å². The van der Waals surface area contributed by atoms with Crippen LogP contribution in [0.5, 0.6) is 0 Å². The predicted molar refractivity (Wildman–Crippen MR) is 172 cm³/mol. The van der Waals surface area contributed by atoms with Gasteiger partial charge in [-0.3, -0.25) is 0 Å². The highest BCUT2D eigenvalue weighted by atomic mass is 32.1. The van der Waals surface area contributed by atoms with E-state index in [9.17, 15) is 15.0 Å². The number of nitrogens with one attached hydrogen (secondary N) is 1. The van der Waals surface area contributed by atoms with Gasteiger partial charge in [0.15, 0.2) is 0 Å². The van der Waals surface area contributed by atoms with E-state index in [2.05, 4.69) is 22.4 Å². The number of benzene rings is 2. The monoisotopic (exact) mass is 617 g/mol. The zero-order valence-electron chi connectivity index (χ0n) is 25.1. The zero-order valence-corrected chi connectivity index (χ0v) is 26.8. The molecular weight excluding hydrogens is 579 g/mol. The fraction of sp³-hybridized carbons (Fsp3) is 0.441. The second kappa shape index (κ2) is 11.1. The molecule has 0 unspecified atom stereocenters. The summed E-state index contributed by atoms with van der Waals surface area (Å²) in [5.74, 6) is 0. The molecule has 43 heavy (non-hydrogen) atoms. The third-order valence-corrected chi connectivity index (χ3v) is 10.7. The first kappa shape index (κ1) is 29.9. The molecule has 3 N–H and O–H groups in total. The Morgan fingerprint density at radius 2 is 1.60 bits per heavy atom. The van der Waals surface area contributed by atoms with E-state index in [4.69, 9.17) is 9.72 Å². The molecule has 0 bridgehead atoms. The molecule has 1 amide bonds. The van der Waals surface area contributed by atoms with Gasteiger partial charge in [-0.15, -0.1) is 22.7 Å².